The number of benzene rings is 3. The fourth-order valence-electron chi connectivity index (χ4n) is 3.51. The van der Waals surface area contributed by atoms with Gasteiger partial charge in [0.25, 0.3) is 0 Å². The van der Waals surface area contributed by atoms with Crippen LogP contribution in [-0.4, -0.2) is 31.2 Å². The van der Waals surface area contributed by atoms with Crippen molar-refractivity contribution < 1.29 is 13.2 Å². The molecular formula is C26H28Cl2N2O3S. The van der Waals surface area contributed by atoms with Gasteiger partial charge in [-0.3, -0.25) is 4.79 Å². The molecule has 0 radical (unpaired) electrons. The normalized spacial score (nSPS) is 12.5. The molecule has 0 heterocycles. The first kappa shape index (κ1) is 26.2. The van der Waals surface area contributed by atoms with Crippen molar-refractivity contribution in [3.63, 3.8) is 0 Å². The van der Waals surface area contributed by atoms with Gasteiger partial charge < -0.3 is 5.32 Å². The van der Waals surface area contributed by atoms with E-state index in [-0.39, 0.29) is 29.9 Å². The van der Waals surface area contributed by atoms with E-state index in [0.717, 1.165) is 22.7 Å². The monoisotopic (exact) mass is 518 g/mol. The molecule has 1 atom stereocenters. The van der Waals surface area contributed by atoms with E-state index < -0.39 is 10.0 Å². The molecule has 180 valence electrons. The summed E-state index contributed by atoms with van der Waals surface area (Å²) < 4.78 is 28.0. The summed E-state index contributed by atoms with van der Waals surface area (Å²) in [6, 6.07) is 21.4. The molecule has 3 aromatic carbocycles. The Morgan fingerprint density at radius 2 is 1.62 bits per heavy atom. The van der Waals surface area contributed by atoms with Crippen LogP contribution in [0.4, 0.5) is 0 Å². The van der Waals surface area contributed by atoms with E-state index >= 15 is 0 Å². The number of sulfonamides is 1. The molecule has 1 amide bonds. The third-order valence-electron chi connectivity index (χ3n) is 5.44. The summed E-state index contributed by atoms with van der Waals surface area (Å²) in [5, 5.41) is 3.63. The number of halogens is 2. The van der Waals surface area contributed by atoms with Crippen LogP contribution in [0.1, 0.15) is 30.0 Å². The van der Waals surface area contributed by atoms with Gasteiger partial charge in [-0.1, -0.05) is 77.3 Å². The molecule has 0 unspecified atom stereocenters. The molecular weight excluding hydrogens is 491 g/mol. The second kappa shape index (κ2) is 11.8. The molecule has 0 saturated carbocycles. The van der Waals surface area contributed by atoms with Crippen molar-refractivity contribution in [3.8, 4) is 0 Å². The number of hydrogen-bond donors (Lipinski definition) is 1. The number of aryl methyl sites for hydroxylation is 2. The van der Waals surface area contributed by atoms with Gasteiger partial charge in [-0.05, 0) is 62.1 Å². The minimum absolute atomic E-state index is 0.0150. The average Bonchev–Trinajstić information content (AvgIpc) is 2.80. The molecule has 0 aliphatic heterocycles. The van der Waals surface area contributed by atoms with Crippen molar-refractivity contribution in [1.29, 1.82) is 0 Å². The van der Waals surface area contributed by atoms with Gasteiger partial charge in [0.1, 0.15) is 0 Å². The lowest BCUT2D eigenvalue weighted by Crippen LogP contribution is -2.43. The lowest BCUT2D eigenvalue weighted by molar-refractivity contribution is -0.122. The molecule has 3 rings (SSSR count). The van der Waals surface area contributed by atoms with Crippen molar-refractivity contribution >= 4 is 39.1 Å². The van der Waals surface area contributed by atoms with Gasteiger partial charge in [-0.15, -0.1) is 0 Å². The number of nitrogens with one attached hydrogen (secondary N) is 1. The van der Waals surface area contributed by atoms with Crippen LogP contribution in [0.5, 0.6) is 0 Å². The van der Waals surface area contributed by atoms with E-state index in [2.05, 4.69) is 5.32 Å². The summed E-state index contributed by atoms with van der Waals surface area (Å²) in [6.45, 7) is 3.47. The van der Waals surface area contributed by atoms with Crippen LogP contribution in [0.15, 0.2) is 77.7 Å². The largest absolute Gasteiger partial charge is 0.352 e. The Labute approximate surface area is 211 Å². The number of nitrogens with zero attached hydrogens (tertiary/aromatic N) is 1. The van der Waals surface area contributed by atoms with Crippen LogP contribution in [0.2, 0.25) is 10.0 Å². The minimum atomic E-state index is -3.93. The van der Waals surface area contributed by atoms with Gasteiger partial charge in [0, 0.05) is 12.6 Å². The second-order valence-electron chi connectivity index (χ2n) is 8.33. The third-order valence-corrected chi connectivity index (χ3v) is 7.98. The summed E-state index contributed by atoms with van der Waals surface area (Å²) in [7, 11) is -3.93. The molecule has 0 aliphatic rings. The van der Waals surface area contributed by atoms with Gasteiger partial charge in [-0.25, -0.2) is 8.42 Å². The molecule has 0 bridgehead atoms. The first-order valence-electron chi connectivity index (χ1n) is 11.0. The fraction of sp³-hybridized carbons (Fsp3) is 0.269. The first-order valence-corrected chi connectivity index (χ1v) is 13.2. The Hall–Kier alpha value is -2.38. The smallest absolute Gasteiger partial charge is 0.243 e. The molecule has 34 heavy (non-hydrogen) atoms. The number of rotatable bonds is 10. The number of carbonyl (C=O) groups excluding carboxylic acids is 1. The van der Waals surface area contributed by atoms with Crippen LogP contribution in [0, 0.1) is 6.92 Å². The molecule has 0 aromatic heterocycles. The summed E-state index contributed by atoms with van der Waals surface area (Å²) in [4.78, 5) is 13.0. The fourth-order valence-corrected chi connectivity index (χ4v) is 5.21. The minimum Gasteiger partial charge on any atom is -0.352 e. The Kier molecular flexibility index (Phi) is 9.14. The lowest BCUT2D eigenvalue weighted by Gasteiger charge is -2.23. The van der Waals surface area contributed by atoms with Crippen molar-refractivity contribution in [2.75, 3.05) is 6.54 Å². The molecule has 5 nitrogen and oxygen atoms in total. The maximum atomic E-state index is 13.4. The van der Waals surface area contributed by atoms with Gasteiger partial charge in [-0.2, -0.15) is 4.31 Å². The van der Waals surface area contributed by atoms with E-state index in [1.54, 1.807) is 42.5 Å². The molecule has 0 aliphatic carbocycles. The molecule has 0 spiro atoms. The van der Waals surface area contributed by atoms with Crippen LogP contribution in [0.3, 0.4) is 0 Å². The van der Waals surface area contributed by atoms with Crippen LogP contribution < -0.4 is 5.32 Å². The van der Waals surface area contributed by atoms with Crippen molar-refractivity contribution in [2.45, 2.75) is 44.2 Å². The Morgan fingerprint density at radius 1 is 0.941 bits per heavy atom. The van der Waals surface area contributed by atoms with E-state index in [4.69, 9.17) is 23.2 Å². The highest BCUT2D eigenvalue weighted by Crippen LogP contribution is 2.25. The molecule has 8 heteroatoms. The van der Waals surface area contributed by atoms with Crippen molar-refractivity contribution in [3.05, 3.63) is 99.5 Å². The molecule has 3 aromatic rings. The summed E-state index contributed by atoms with van der Waals surface area (Å²) in [6.07, 6.45) is 1.56. The Morgan fingerprint density at radius 3 is 2.26 bits per heavy atom. The lowest BCUT2D eigenvalue weighted by atomic mass is 10.1. The van der Waals surface area contributed by atoms with Crippen molar-refractivity contribution in [2.24, 2.45) is 0 Å². The van der Waals surface area contributed by atoms with E-state index in [1.165, 1.54) is 5.56 Å². The predicted octanol–water partition coefficient (Wildman–Crippen LogP) is 5.63. The average molecular weight is 519 g/mol. The molecule has 0 saturated heterocycles. The zero-order valence-corrected chi connectivity index (χ0v) is 21.5. The highest BCUT2D eigenvalue weighted by atomic mass is 35.5. The van der Waals surface area contributed by atoms with Gasteiger partial charge >= 0.3 is 0 Å². The van der Waals surface area contributed by atoms with Crippen molar-refractivity contribution in [1.82, 2.24) is 9.62 Å². The Balaban J connectivity index is 1.75. The Bertz CT molecular complexity index is 1220. The van der Waals surface area contributed by atoms with Crippen LogP contribution >= 0.6 is 23.2 Å². The predicted molar refractivity (Wildman–Crippen MR) is 138 cm³/mol. The maximum absolute atomic E-state index is 13.4. The third kappa shape index (κ3) is 7.31. The van der Waals surface area contributed by atoms with Gasteiger partial charge in [0.2, 0.25) is 15.9 Å². The van der Waals surface area contributed by atoms with Crippen LogP contribution in [0.25, 0.3) is 0 Å². The van der Waals surface area contributed by atoms with Gasteiger partial charge in [0.15, 0.2) is 0 Å². The highest BCUT2D eigenvalue weighted by molar-refractivity contribution is 7.89. The second-order valence-corrected chi connectivity index (χ2v) is 11.1. The standard InChI is InChI=1S/C26H28Cl2N2O3S/c1-19-8-13-23(14-9-19)34(32,33)30(17-22-12-15-24(27)25(28)16-22)18-26(31)29-20(2)10-11-21-6-4-3-5-7-21/h3-9,12-16,20H,10-11,17-18H2,1-2H3,(H,29,31)/t20-/m0/s1. The first-order chi connectivity index (χ1) is 16.1. The highest BCUT2D eigenvalue weighted by Gasteiger charge is 2.27. The van der Waals surface area contributed by atoms with E-state index in [1.807, 2.05) is 44.2 Å². The van der Waals surface area contributed by atoms with Crippen LogP contribution in [-0.2, 0) is 27.8 Å². The quantitative estimate of drug-likeness (QED) is 0.378. The summed E-state index contributed by atoms with van der Waals surface area (Å²) >= 11 is 12.1. The van der Waals surface area contributed by atoms with E-state index in [9.17, 15) is 13.2 Å². The van der Waals surface area contributed by atoms with Gasteiger partial charge in [0.05, 0.1) is 21.5 Å². The molecule has 1 N–H and O–H groups in total. The number of hydrogen-bond acceptors (Lipinski definition) is 3. The SMILES string of the molecule is Cc1ccc(S(=O)(=O)N(CC(=O)N[C@@H](C)CCc2ccccc2)Cc2ccc(Cl)c(Cl)c2)cc1. The summed E-state index contributed by atoms with van der Waals surface area (Å²) in [5.41, 5.74) is 2.77. The van der Waals surface area contributed by atoms with E-state index in [0.29, 0.717) is 15.6 Å². The summed E-state index contributed by atoms with van der Waals surface area (Å²) in [5.74, 6) is -0.365. The number of carbonyl (C=O) groups is 1. The zero-order chi connectivity index (χ0) is 24.7. The maximum Gasteiger partial charge on any atom is 0.243 e. The number of amides is 1. The topological polar surface area (TPSA) is 66.5 Å². The molecule has 0 fully saturated rings. The zero-order valence-electron chi connectivity index (χ0n) is 19.2.